The van der Waals surface area contributed by atoms with Crippen LogP contribution in [-0.4, -0.2) is 43.4 Å². The van der Waals surface area contributed by atoms with Gasteiger partial charge in [0.2, 0.25) is 0 Å². The standard InChI is InChI=1S/C19H20ClNO4S/c20-16-7-4-8-18(11-16)25-13-19(22)21(12-15-5-2-1-3-6-15)17-9-10-26(23,24)14-17/h1-8,11,17H,9-10,12-14H2. The molecule has 1 fully saturated rings. The molecular formula is C19H20ClNO4S. The Hall–Kier alpha value is -2.05. The SMILES string of the molecule is O=C(COc1cccc(Cl)c1)N(Cc1ccccc1)C1CCS(=O)(=O)C1. The summed E-state index contributed by atoms with van der Waals surface area (Å²) in [6.07, 6.45) is 0.456. The molecule has 7 heteroatoms. The first-order valence-corrected chi connectivity index (χ1v) is 10.5. The maximum atomic E-state index is 12.8. The number of hydrogen-bond acceptors (Lipinski definition) is 4. The van der Waals surface area contributed by atoms with Crippen LogP contribution >= 0.6 is 11.6 Å². The van der Waals surface area contributed by atoms with Crippen molar-refractivity contribution in [3.8, 4) is 5.75 Å². The number of benzene rings is 2. The number of sulfone groups is 1. The number of ether oxygens (including phenoxy) is 1. The summed E-state index contributed by atoms with van der Waals surface area (Å²) in [4.78, 5) is 14.4. The van der Waals surface area contributed by atoms with Gasteiger partial charge in [0.1, 0.15) is 5.75 Å². The van der Waals surface area contributed by atoms with Crippen LogP contribution < -0.4 is 4.74 Å². The Morgan fingerprint density at radius 2 is 1.92 bits per heavy atom. The van der Waals surface area contributed by atoms with Crippen molar-refractivity contribution >= 4 is 27.3 Å². The first-order chi connectivity index (χ1) is 12.4. The van der Waals surface area contributed by atoms with Gasteiger partial charge in [-0.2, -0.15) is 0 Å². The number of halogens is 1. The first kappa shape index (κ1) is 18.7. The van der Waals surface area contributed by atoms with Crippen LogP contribution in [0.1, 0.15) is 12.0 Å². The number of carbonyl (C=O) groups is 1. The van der Waals surface area contributed by atoms with Gasteiger partial charge in [-0.3, -0.25) is 4.79 Å². The molecule has 1 unspecified atom stereocenters. The highest BCUT2D eigenvalue weighted by molar-refractivity contribution is 7.91. The van der Waals surface area contributed by atoms with E-state index in [1.807, 2.05) is 30.3 Å². The molecule has 0 bridgehead atoms. The number of nitrogens with zero attached hydrogens (tertiary/aromatic N) is 1. The molecule has 2 aromatic rings. The lowest BCUT2D eigenvalue weighted by molar-refractivity contribution is -0.136. The van der Waals surface area contributed by atoms with Crippen LogP contribution in [0.25, 0.3) is 0 Å². The van der Waals surface area contributed by atoms with Crippen LogP contribution in [0.2, 0.25) is 5.02 Å². The third kappa shape index (κ3) is 4.99. The summed E-state index contributed by atoms with van der Waals surface area (Å²) in [5, 5.41) is 0.526. The van der Waals surface area contributed by atoms with Gasteiger partial charge in [0.15, 0.2) is 16.4 Å². The second-order valence-corrected chi connectivity index (χ2v) is 8.98. The van der Waals surface area contributed by atoms with Gasteiger partial charge in [0, 0.05) is 17.6 Å². The van der Waals surface area contributed by atoms with Gasteiger partial charge in [-0.05, 0) is 30.2 Å². The van der Waals surface area contributed by atoms with Crippen molar-refractivity contribution in [2.75, 3.05) is 18.1 Å². The van der Waals surface area contributed by atoms with Crippen LogP contribution in [0.4, 0.5) is 0 Å². The number of amides is 1. The van der Waals surface area contributed by atoms with Crippen LogP contribution in [-0.2, 0) is 21.2 Å². The van der Waals surface area contributed by atoms with E-state index < -0.39 is 9.84 Å². The predicted molar refractivity (Wildman–Crippen MR) is 101 cm³/mol. The Balaban J connectivity index is 1.72. The average molecular weight is 394 g/mol. The average Bonchev–Trinajstić information content (AvgIpc) is 2.98. The second-order valence-electron chi connectivity index (χ2n) is 6.31. The lowest BCUT2D eigenvalue weighted by Gasteiger charge is -2.28. The number of rotatable bonds is 6. The van der Waals surface area contributed by atoms with Crippen molar-refractivity contribution in [1.29, 1.82) is 0 Å². The van der Waals surface area contributed by atoms with Crippen molar-refractivity contribution in [2.24, 2.45) is 0 Å². The molecule has 0 radical (unpaired) electrons. The minimum Gasteiger partial charge on any atom is -0.484 e. The molecule has 3 rings (SSSR count). The lowest BCUT2D eigenvalue weighted by atomic mass is 10.1. The van der Waals surface area contributed by atoms with Crippen molar-refractivity contribution in [3.05, 3.63) is 65.2 Å². The van der Waals surface area contributed by atoms with Crippen LogP contribution in [0.15, 0.2) is 54.6 Å². The fraction of sp³-hybridized carbons (Fsp3) is 0.316. The maximum Gasteiger partial charge on any atom is 0.261 e. The molecule has 1 aliphatic heterocycles. The van der Waals surface area contributed by atoms with E-state index in [2.05, 4.69) is 0 Å². The van der Waals surface area contributed by atoms with E-state index in [-0.39, 0.29) is 30.1 Å². The Morgan fingerprint density at radius 1 is 1.15 bits per heavy atom. The van der Waals surface area contributed by atoms with E-state index in [0.717, 1.165) is 5.56 Å². The van der Waals surface area contributed by atoms with E-state index in [1.54, 1.807) is 29.2 Å². The number of hydrogen-bond donors (Lipinski definition) is 0. The van der Waals surface area contributed by atoms with Crippen molar-refractivity contribution in [2.45, 2.75) is 19.0 Å². The van der Waals surface area contributed by atoms with Gasteiger partial charge < -0.3 is 9.64 Å². The lowest BCUT2D eigenvalue weighted by Crippen LogP contribution is -2.43. The van der Waals surface area contributed by atoms with E-state index >= 15 is 0 Å². The molecule has 0 spiro atoms. The summed E-state index contributed by atoms with van der Waals surface area (Å²) in [6.45, 7) is 0.197. The largest absolute Gasteiger partial charge is 0.484 e. The molecule has 0 aromatic heterocycles. The van der Waals surface area contributed by atoms with E-state index in [9.17, 15) is 13.2 Å². The predicted octanol–water partition coefficient (Wildman–Crippen LogP) is 2.93. The molecule has 1 aliphatic rings. The zero-order chi connectivity index (χ0) is 18.6. The zero-order valence-corrected chi connectivity index (χ0v) is 15.7. The summed E-state index contributed by atoms with van der Waals surface area (Å²) < 4.78 is 29.3. The molecule has 0 saturated carbocycles. The van der Waals surface area contributed by atoms with Crippen molar-refractivity contribution in [3.63, 3.8) is 0 Å². The minimum atomic E-state index is -3.09. The molecule has 1 amide bonds. The summed E-state index contributed by atoms with van der Waals surface area (Å²) in [7, 11) is -3.09. The molecule has 5 nitrogen and oxygen atoms in total. The quantitative estimate of drug-likeness (QED) is 0.757. The molecule has 0 aliphatic carbocycles. The fourth-order valence-electron chi connectivity index (χ4n) is 3.01. The molecule has 2 aromatic carbocycles. The van der Waals surface area contributed by atoms with Crippen LogP contribution in [0.3, 0.4) is 0 Å². The van der Waals surface area contributed by atoms with Crippen LogP contribution in [0.5, 0.6) is 5.75 Å². The summed E-state index contributed by atoms with van der Waals surface area (Å²) in [5.74, 6) is 0.384. The number of carbonyl (C=O) groups excluding carboxylic acids is 1. The Kier molecular flexibility index (Phi) is 5.84. The molecule has 0 N–H and O–H groups in total. The molecule has 1 heterocycles. The minimum absolute atomic E-state index is 0.00272. The Bertz CT molecular complexity index is 870. The molecule has 1 saturated heterocycles. The van der Waals surface area contributed by atoms with Crippen LogP contribution in [0, 0.1) is 0 Å². The van der Waals surface area contributed by atoms with Gasteiger partial charge in [0.05, 0.1) is 11.5 Å². The zero-order valence-electron chi connectivity index (χ0n) is 14.2. The highest BCUT2D eigenvalue weighted by Gasteiger charge is 2.34. The second kappa shape index (κ2) is 8.10. The first-order valence-electron chi connectivity index (χ1n) is 8.35. The molecular weight excluding hydrogens is 374 g/mol. The normalized spacial score (nSPS) is 18.4. The fourth-order valence-corrected chi connectivity index (χ4v) is 4.92. The third-order valence-corrected chi connectivity index (χ3v) is 6.31. The van der Waals surface area contributed by atoms with Gasteiger partial charge in [0.25, 0.3) is 5.91 Å². The van der Waals surface area contributed by atoms with Gasteiger partial charge in [-0.1, -0.05) is 48.0 Å². The molecule has 26 heavy (non-hydrogen) atoms. The van der Waals surface area contributed by atoms with Gasteiger partial charge >= 0.3 is 0 Å². The van der Waals surface area contributed by atoms with E-state index in [1.165, 1.54) is 0 Å². The highest BCUT2D eigenvalue weighted by atomic mass is 35.5. The smallest absolute Gasteiger partial charge is 0.261 e. The monoisotopic (exact) mass is 393 g/mol. The van der Waals surface area contributed by atoms with Gasteiger partial charge in [-0.15, -0.1) is 0 Å². The third-order valence-electron chi connectivity index (χ3n) is 4.32. The van der Waals surface area contributed by atoms with Crippen molar-refractivity contribution < 1.29 is 17.9 Å². The molecule has 1 atom stereocenters. The molecule has 138 valence electrons. The topological polar surface area (TPSA) is 63.7 Å². The summed E-state index contributed by atoms with van der Waals surface area (Å²) in [5.41, 5.74) is 0.952. The summed E-state index contributed by atoms with van der Waals surface area (Å²) in [6, 6.07) is 16.0. The van der Waals surface area contributed by atoms with Crippen molar-refractivity contribution in [1.82, 2.24) is 4.90 Å². The maximum absolute atomic E-state index is 12.8. The Morgan fingerprint density at radius 3 is 2.58 bits per heavy atom. The summed E-state index contributed by atoms with van der Waals surface area (Å²) >= 11 is 5.92. The van der Waals surface area contributed by atoms with E-state index in [0.29, 0.717) is 23.7 Å². The van der Waals surface area contributed by atoms with E-state index in [4.69, 9.17) is 16.3 Å². The highest BCUT2D eigenvalue weighted by Crippen LogP contribution is 2.21. The Labute approximate surface area is 158 Å². The van der Waals surface area contributed by atoms with Gasteiger partial charge in [-0.25, -0.2) is 8.42 Å².